The minimum absolute atomic E-state index is 0.0517. The fourth-order valence-electron chi connectivity index (χ4n) is 2.73. The summed E-state index contributed by atoms with van der Waals surface area (Å²) >= 11 is 0. The molecule has 1 amide bonds. The van der Waals surface area contributed by atoms with Crippen molar-refractivity contribution in [1.82, 2.24) is 4.90 Å². The van der Waals surface area contributed by atoms with Gasteiger partial charge in [-0.05, 0) is 0 Å². The Morgan fingerprint density at radius 2 is 2.26 bits per heavy atom. The van der Waals surface area contributed by atoms with Crippen LogP contribution in [0.3, 0.4) is 0 Å². The molecule has 106 valence electrons. The maximum atomic E-state index is 11.5. The van der Waals surface area contributed by atoms with Crippen molar-refractivity contribution in [2.24, 2.45) is 0 Å². The van der Waals surface area contributed by atoms with E-state index in [0.29, 0.717) is 19.4 Å². The first-order chi connectivity index (χ1) is 8.94. The number of hydrogen-bond acceptors (Lipinski definition) is 5. The lowest BCUT2D eigenvalue weighted by molar-refractivity contribution is -0.162. The van der Waals surface area contributed by atoms with E-state index in [2.05, 4.69) is 4.74 Å². The summed E-state index contributed by atoms with van der Waals surface area (Å²) in [6, 6.07) is 0. The lowest BCUT2D eigenvalue weighted by Crippen LogP contribution is -2.49. The molecule has 1 fully saturated rings. The Balaban J connectivity index is 2.03. The number of rotatable bonds is 3. The van der Waals surface area contributed by atoms with Crippen LogP contribution < -0.4 is 0 Å². The van der Waals surface area contributed by atoms with E-state index in [1.54, 1.807) is 7.05 Å². The van der Waals surface area contributed by atoms with E-state index in [1.165, 1.54) is 18.9 Å². The van der Waals surface area contributed by atoms with Crippen molar-refractivity contribution in [3.05, 3.63) is 12.2 Å². The van der Waals surface area contributed by atoms with Gasteiger partial charge < -0.3 is 19.1 Å². The van der Waals surface area contributed by atoms with Crippen LogP contribution in [-0.2, 0) is 19.0 Å². The van der Waals surface area contributed by atoms with Gasteiger partial charge in [0.1, 0.15) is 11.7 Å². The fraction of sp³-hybridized carbons (Fsp3) is 0.692. The molecule has 6 heteroatoms. The Bertz CT molecular complexity index is 408. The minimum atomic E-state index is -0.577. The molecule has 1 saturated heterocycles. The van der Waals surface area contributed by atoms with Crippen molar-refractivity contribution in [1.29, 1.82) is 0 Å². The van der Waals surface area contributed by atoms with Crippen molar-refractivity contribution in [2.45, 2.75) is 37.6 Å². The summed E-state index contributed by atoms with van der Waals surface area (Å²) in [4.78, 5) is 24.0. The van der Waals surface area contributed by atoms with Crippen molar-refractivity contribution in [3.8, 4) is 0 Å². The van der Waals surface area contributed by atoms with E-state index >= 15 is 0 Å². The van der Waals surface area contributed by atoms with Crippen molar-refractivity contribution in [2.75, 3.05) is 20.7 Å². The second-order valence-corrected chi connectivity index (χ2v) is 5.08. The Morgan fingerprint density at radius 3 is 2.89 bits per heavy atom. The molecule has 2 rings (SSSR count). The standard InChI is InChI=1S/C13H19NO5/c1-9(15)18-11-6-10-4-5-13(7-11,19-10)8-14(2)12(16)17-3/h4-5,10-11H,6-8H2,1-3H3. The third kappa shape index (κ3) is 3.07. The van der Waals surface area contributed by atoms with Crippen molar-refractivity contribution >= 4 is 12.1 Å². The molecule has 3 unspecified atom stereocenters. The fourth-order valence-corrected chi connectivity index (χ4v) is 2.73. The zero-order valence-electron chi connectivity index (χ0n) is 11.4. The molecule has 0 spiro atoms. The lowest BCUT2D eigenvalue weighted by Gasteiger charge is -2.39. The number of amides is 1. The topological polar surface area (TPSA) is 65.1 Å². The highest BCUT2D eigenvalue weighted by Gasteiger charge is 2.45. The molecule has 0 aromatic rings. The zero-order chi connectivity index (χ0) is 14.0. The van der Waals surface area contributed by atoms with E-state index in [9.17, 15) is 9.59 Å². The number of likely N-dealkylation sites (N-methyl/N-ethyl adjacent to an activating group) is 1. The predicted octanol–water partition coefficient (Wildman–Crippen LogP) is 1.10. The van der Waals surface area contributed by atoms with Gasteiger partial charge in [0.05, 0.1) is 19.8 Å². The average molecular weight is 269 g/mol. The second-order valence-electron chi connectivity index (χ2n) is 5.08. The first-order valence-corrected chi connectivity index (χ1v) is 6.27. The largest absolute Gasteiger partial charge is 0.462 e. The van der Waals surface area contributed by atoms with Gasteiger partial charge >= 0.3 is 12.1 Å². The number of hydrogen-bond donors (Lipinski definition) is 0. The quantitative estimate of drug-likeness (QED) is 0.567. The molecule has 2 bridgehead atoms. The van der Waals surface area contributed by atoms with Gasteiger partial charge in [0.15, 0.2) is 0 Å². The molecule has 19 heavy (non-hydrogen) atoms. The monoisotopic (exact) mass is 269 g/mol. The lowest BCUT2D eigenvalue weighted by atomic mass is 9.93. The van der Waals surface area contributed by atoms with Crippen LogP contribution in [-0.4, -0.2) is 55.5 Å². The smallest absolute Gasteiger partial charge is 0.409 e. The molecule has 0 radical (unpaired) electrons. The highest BCUT2D eigenvalue weighted by atomic mass is 16.6. The van der Waals surface area contributed by atoms with Crippen LogP contribution in [0.15, 0.2) is 12.2 Å². The summed E-state index contributed by atoms with van der Waals surface area (Å²) in [6.07, 6.45) is 4.52. The van der Waals surface area contributed by atoms with Crippen LogP contribution >= 0.6 is 0 Å². The molecule has 3 atom stereocenters. The van der Waals surface area contributed by atoms with Gasteiger partial charge in [-0.2, -0.15) is 0 Å². The van der Waals surface area contributed by atoms with Crippen LogP contribution in [0.5, 0.6) is 0 Å². The molecule has 0 aliphatic carbocycles. The van der Waals surface area contributed by atoms with Gasteiger partial charge in [0, 0.05) is 26.8 Å². The van der Waals surface area contributed by atoms with Crippen LogP contribution in [0.4, 0.5) is 4.79 Å². The number of ether oxygens (including phenoxy) is 3. The molecular weight excluding hydrogens is 250 g/mol. The Kier molecular flexibility index (Phi) is 3.80. The zero-order valence-corrected chi connectivity index (χ0v) is 11.4. The number of carbonyl (C=O) groups excluding carboxylic acids is 2. The van der Waals surface area contributed by atoms with E-state index < -0.39 is 11.7 Å². The minimum Gasteiger partial charge on any atom is -0.462 e. The molecular formula is C13H19NO5. The summed E-state index contributed by atoms with van der Waals surface area (Å²) in [5.41, 5.74) is -0.577. The average Bonchev–Trinajstić information content (AvgIpc) is 2.62. The molecule has 2 heterocycles. The highest BCUT2D eigenvalue weighted by molar-refractivity contribution is 5.67. The maximum Gasteiger partial charge on any atom is 0.409 e. The van der Waals surface area contributed by atoms with Gasteiger partial charge in [-0.25, -0.2) is 4.79 Å². The number of carbonyl (C=O) groups is 2. The maximum absolute atomic E-state index is 11.5. The highest BCUT2D eigenvalue weighted by Crippen LogP contribution is 2.38. The molecule has 0 N–H and O–H groups in total. The third-order valence-corrected chi connectivity index (χ3v) is 3.39. The van der Waals surface area contributed by atoms with Gasteiger partial charge in [0.2, 0.25) is 0 Å². The number of methoxy groups -OCH3 is 1. The molecule has 2 aliphatic rings. The molecule has 6 nitrogen and oxygen atoms in total. The molecule has 0 aromatic heterocycles. The van der Waals surface area contributed by atoms with Gasteiger partial charge in [0.25, 0.3) is 0 Å². The van der Waals surface area contributed by atoms with Crippen LogP contribution in [0.2, 0.25) is 0 Å². The Labute approximate surface area is 112 Å². The number of fused-ring (bicyclic) bond motifs is 2. The van der Waals surface area contributed by atoms with Gasteiger partial charge in [-0.3, -0.25) is 4.79 Å². The first-order valence-electron chi connectivity index (χ1n) is 6.27. The van der Waals surface area contributed by atoms with Crippen molar-refractivity contribution in [3.63, 3.8) is 0 Å². The predicted molar refractivity (Wildman–Crippen MR) is 66.6 cm³/mol. The summed E-state index contributed by atoms with van der Waals surface area (Å²) < 4.78 is 15.9. The van der Waals surface area contributed by atoms with E-state index in [0.717, 1.165) is 0 Å². The molecule has 0 aromatic carbocycles. The normalized spacial score (nSPS) is 31.9. The summed E-state index contributed by atoms with van der Waals surface area (Å²) in [5, 5.41) is 0. The second kappa shape index (κ2) is 5.21. The van der Waals surface area contributed by atoms with Crippen LogP contribution in [0.25, 0.3) is 0 Å². The number of nitrogens with zero attached hydrogens (tertiary/aromatic N) is 1. The summed E-state index contributed by atoms with van der Waals surface area (Å²) in [7, 11) is 2.99. The van der Waals surface area contributed by atoms with Crippen LogP contribution in [0, 0.1) is 0 Å². The first kappa shape index (κ1) is 13.9. The van der Waals surface area contributed by atoms with E-state index in [-0.39, 0.29) is 18.2 Å². The molecule has 0 saturated carbocycles. The number of esters is 1. The van der Waals surface area contributed by atoms with Crippen LogP contribution in [0.1, 0.15) is 19.8 Å². The molecule has 2 aliphatic heterocycles. The Morgan fingerprint density at radius 1 is 1.53 bits per heavy atom. The van der Waals surface area contributed by atoms with E-state index in [1.807, 2.05) is 12.2 Å². The third-order valence-electron chi connectivity index (χ3n) is 3.39. The summed E-state index contributed by atoms with van der Waals surface area (Å²) in [5.74, 6) is -0.289. The van der Waals surface area contributed by atoms with Gasteiger partial charge in [-0.15, -0.1) is 0 Å². The van der Waals surface area contributed by atoms with Gasteiger partial charge in [-0.1, -0.05) is 12.2 Å². The van der Waals surface area contributed by atoms with E-state index in [4.69, 9.17) is 9.47 Å². The van der Waals surface area contributed by atoms with Crippen molar-refractivity contribution < 1.29 is 23.8 Å². The SMILES string of the molecule is COC(=O)N(C)CC12C=CC(CC(OC(C)=O)C1)O2. The Hall–Kier alpha value is -1.56. The summed E-state index contributed by atoms with van der Waals surface area (Å²) in [6.45, 7) is 1.78.